The lowest BCUT2D eigenvalue weighted by Gasteiger charge is -2.60. The van der Waals surface area contributed by atoms with E-state index in [0.29, 0.717) is 11.8 Å². The maximum atomic E-state index is 12.0. The van der Waals surface area contributed by atoms with Gasteiger partial charge in [-0.05, 0) is 33.5 Å². The van der Waals surface area contributed by atoms with Crippen LogP contribution in [0.4, 0.5) is 0 Å². The second-order valence-electron chi connectivity index (χ2n) is 12.2. The highest BCUT2D eigenvalue weighted by atomic mass is 16.5. The molecule has 5 unspecified atom stereocenters. The molecule has 24 heavy (non-hydrogen) atoms. The van der Waals surface area contributed by atoms with Gasteiger partial charge in [0.1, 0.15) is 12.4 Å². The van der Waals surface area contributed by atoms with Crippen LogP contribution in [0.15, 0.2) is 0 Å². The van der Waals surface area contributed by atoms with Crippen molar-refractivity contribution < 1.29 is 9.53 Å². The molecule has 0 aromatic carbocycles. The van der Waals surface area contributed by atoms with Gasteiger partial charge in [0.05, 0.1) is 6.10 Å². The fourth-order valence-electron chi connectivity index (χ4n) is 4.92. The molecule has 5 atom stereocenters. The largest absolute Gasteiger partial charge is 0.366 e. The highest BCUT2D eigenvalue weighted by Crippen LogP contribution is 2.58. The van der Waals surface area contributed by atoms with E-state index in [2.05, 4.69) is 83.1 Å². The zero-order valence-corrected chi connectivity index (χ0v) is 18.3. The monoisotopic (exact) mass is 338 g/mol. The number of aldehydes is 1. The van der Waals surface area contributed by atoms with Crippen LogP contribution in [0, 0.1) is 39.4 Å². The van der Waals surface area contributed by atoms with Crippen molar-refractivity contribution in [1.29, 1.82) is 0 Å². The number of carbonyl (C=O) groups excluding carboxylic acids is 1. The van der Waals surface area contributed by atoms with Crippen LogP contribution < -0.4 is 0 Å². The van der Waals surface area contributed by atoms with Gasteiger partial charge < -0.3 is 9.53 Å². The maximum absolute atomic E-state index is 12.0. The minimum Gasteiger partial charge on any atom is -0.366 e. The molecule has 0 amide bonds. The Labute approximate surface area is 151 Å². The highest BCUT2D eigenvalue weighted by Gasteiger charge is 2.58. The molecule has 1 heterocycles. The van der Waals surface area contributed by atoms with Crippen LogP contribution in [0.1, 0.15) is 83.1 Å². The number of ether oxygens (including phenoxy) is 1. The fraction of sp³-hybridized carbons (Fsp3) is 0.955. The van der Waals surface area contributed by atoms with Gasteiger partial charge in [-0.15, -0.1) is 0 Å². The summed E-state index contributed by atoms with van der Waals surface area (Å²) in [7, 11) is 0. The number of carbonyl (C=O) groups is 1. The third-order valence-electron chi connectivity index (χ3n) is 5.75. The molecule has 1 aliphatic heterocycles. The summed E-state index contributed by atoms with van der Waals surface area (Å²) < 4.78 is 6.54. The first-order valence-corrected chi connectivity index (χ1v) is 9.53. The van der Waals surface area contributed by atoms with Crippen molar-refractivity contribution in [2.24, 2.45) is 39.4 Å². The van der Waals surface area contributed by atoms with Gasteiger partial charge in [-0.1, -0.05) is 83.1 Å². The van der Waals surface area contributed by atoms with E-state index < -0.39 is 0 Å². The van der Waals surface area contributed by atoms with Crippen LogP contribution in [0.25, 0.3) is 0 Å². The molecule has 0 aromatic rings. The first-order valence-electron chi connectivity index (χ1n) is 9.53. The van der Waals surface area contributed by atoms with E-state index in [4.69, 9.17) is 4.74 Å². The standard InChI is InChI=1S/C22H42O2/c1-19(2,3)15-14(13-23)24-18(22(10,11)12)17(21(7,8)9)16(15)20(4,5)6/h13-18H,1-12H3. The van der Waals surface area contributed by atoms with Crippen LogP contribution in [0.2, 0.25) is 0 Å². The predicted octanol–water partition coefficient (Wildman–Crippen LogP) is 5.99. The van der Waals surface area contributed by atoms with Gasteiger partial charge in [-0.25, -0.2) is 0 Å². The molecule has 0 aliphatic carbocycles. The predicted molar refractivity (Wildman–Crippen MR) is 103 cm³/mol. The SMILES string of the molecule is CC(C)(C)C1OC(C=O)C(C(C)(C)C)C(C(C)(C)C)C1C(C)(C)C. The number of rotatable bonds is 1. The summed E-state index contributed by atoms with van der Waals surface area (Å²) >= 11 is 0. The molecule has 0 bridgehead atoms. The second-order valence-corrected chi connectivity index (χ2v) is 12.2. The molecule has 1 fully saturated rings. The van der Waals surface area contributed by atoms with E-state index in [1.165, 1.54) is 0 Å². The van der Waals surface area contributed by atoms with Crippen LogP contribution in [-0.4, -0.2) is 18.5 Å². The Bertz CT molecular complexity index is 437. The van der Waals surface area contributed by atoms with Gasteiger partial charge in [-0.2, -0.15) is 0 Å². The molecule has 0 N–H and O–H groups in total. The molecule has 2 nitrogen and oxygen atoms in total. The van der Waals surface area contributed by atoms with Gasteiger partial charge in [0, 0.05) is 5.92 Å². The molecule has 1 rings (SSSR count). The summed E-state index contributed by atoms with van der Waals surface area (Å²) in [5.74, 6) is 1.04. The van der Waals surface area contributed by atoms with Crippen LogP contribution in [0.5, 0.6) is 0 Å². The topological polar surface area (TPSA) is 26.3 Å². The molecule has 0 spiro atoms. The van der Waals surface area contributed by atoms with E-state index in [1.807, 2.05) is 0 Å². The quantitative estimate of drug-likeness (QED) is 0.549. The van der Waals surface area contributed by atoms with Gasteiger partial charge >= 0.3 is 0 Å². The number of hydrogen-bond donors (Lipinski definition) is 0. The Morgan fingerprint density at radius 2 is 0.958 bits per heavy atom. The van der Waals surface area contributed by atoms with E-state index in [-0.39, 0.29) is 39.8 Å². The van der Waals surface area contributed by atoms with Gasteiger partial charge in [-0.3, -0.25) is 0 Å². The maximum Gasteiger partial charge on any atom is 0.149 e. The summed E-state index contributed by atoms with van der Waals surface area (Å²) in [6.45, 7) is 27.5. The Morgan fingerprint density at radius 3 is 1.21 bits per heavy atom. The molecule has 0 saturated carbocycles. The molecule has 1 saturated heterocycles. The minimum absolute atomic E-state index is 0.00552. The minimum atomic E-state index is -0.322. The summed E-state index contributed by atoms with van der Waals surface area (Å²) in [6.07, 6.45) is 0.819. The third-order valence-corrected chi connectivity index (χ3v) is 5.75. The van der Waals surface area contributed by atoms with E-state index >= 15 is 0 Å². The Hall–Kier alpha value is -0.370. The van der Waals surface area contributed by atoms with Crippen LogP contribution in [0.3, 0.4) is 0 Å². The van der Waals surface area contributed by atoms with Crippen molar-refractivity contribution in [2.45, 2.75) is 95.3 Å². The van der Waals surface area contributed by atoms with Gasteiger partial charge in [0.15, 0.2) is 0 Å². The number of hydrogen-bond acceptors (Lipinski definition) is 2. The molecular formula is C22H42O2. The summed E-state index contributed by atoms with van der Waals surface area (Å²) in [5.41, 5.74) is 0.263. The first-order chi connectivity index (χ1) is 10.4. The van der Waals surface area contributed by atoms with Crippen LogP contribution in [-0.2, 0) is 9.53 Å². The van der Waals surface area contributed by atoms with Gasteiger partial charge in [0.25, 0.3) is 0 Å². The normalized spacial score (nSPS) is 33.4. The average Bonchev–Trinajstić information content (AvgIpc) is 2.31. The van der Waals surface area contributed by atoms with Crippen molar-refractivity contribution in [3.8, 4) is 0 Å². The average molecular weight is 339 g/mol. The van der Waals surface area contributed by atoms with Crippen molar-refractivity contribution in [3.05, 3.63) is 0 Å². The van der Waals surface area contributed by atoms with Crippen molar-refractivity contribution in [2.75, 3.05) is 0 Å². The Kier molecular flexibility index (Phi) is 5.79. The lowest BCUT2D eigenvalue weighted by molar-refractivity contribution is -0.233. The van der Waals surface area contributed by atoms with E-state index in [0.717, 1.165) is 6.29 Å². The highest BCUT2D eigenvalue weighted by molar-refractivity contribution is 5.57. The zero-order valence-electron chi connectivity index (χ0n) is 18.3. The molecule has 0 aromatic heterocycles. The lowest BCUT2D eigenvalue weighted by Crippen LogP contribution is -2.62. The molecule has 1 aliphatic rings. The van der Waals surface area contributed by atoms with Crippen LogP contribution >= 0.6 is 0 Å². The molecule has 2 heteroatoms. The van der Waals surface area contributed by atoms with E-state index in [9.17, 15) is 4.79 Å². The molecular weight excluding hydrogens is 296 g/mol. The van der Waals surface area contributed by atoms with Crippen molar-refractivity contribution in [3.63, 3.8) is 0 Å². The molecule has 142 valence electrons. The van der Waals surface area contributed by atoms with Crippen molar-refractivity contribution >= 4 is 6.29 Å². The van der Waals surface area contributed by atoms with Gasteiger partial charge in [0.2, 0.25) is 0 Å². The lowest BCUT2D eigenvalue weighted by atomic mass is 9.50. The second kappa shape index (κ2) is 6.41. The third kappa shape index (κ3) is 4.42. The zero-order chi connectivity index (χ0) is 19.3. The summed E-state index contributed by atoms with van der Waals surface area (Å²) in [5, 5.41) is 0. The van der Waals surface area contributed by atoms with E-state index in [1.54, 1.807) is 0 Å². The fourth-order valence-corrected chi connectivity index (χ4v) is 4.92. The Balaban J connectivity index is 3.64. The first kappa shape index (κ1) is 21.7. The summed E-state index contributed by atoms with van der Waals surface area (Å²) in [6, 6.07) is 0. The van der Waals surface area contributed by atoms with Crippen molar-refractivity contribution in [1.82, 2.24) is 0 Å². The molecule has 0 radical (unpaired) electrons. The Morgan fingerprint density at radius 1 is 0.583 bits per heavy atom. The summed E-state index contributed by atoms with van der Waals surface area (Å²) in [4.78, 5) is 12.0. The smallest absolute Gasteiger partial charge is 0.149 e.